The first-order chi connectivity index (χ1) is 8.31. The normalized spacial score (nSPS) is 22.4. The molecule has 2 atom stereocenters. The Balaban J connectivity index is 2.12. The molecular weight excluding hydrogens is 232 g/mol. The van der Waals surface area contributed by atoms with Gasteiger partial charge in [0.2, 0.25) is 0 Å². The van der Waals surface area contributed by atoms with Crippen LogP contribution in [0.2, 0.25) is 0 Å². The topological polar surface area (TPSA) is 34.2 Å². The minimum absolute atomic E-state index is 0.262. The van der Waals surface area contributed by atoms with Gasteiger partial charge in [0.1, 0.15) is 0 Å². The van der Waals surface area contributed by atoms with Gasteiger partial charge >= 0.3 is 0 Å². The molecule has 0 radical (unpaired) electrons. The van der Waals surface area contributed by atoms with Crippen molar-refractivity contribution in [2.24, 2.45) is 0 Å². The van der Waals surface area contributed by atoms with Crippen LogP contribution in [0.5, 0.6) is 0 Å². The summed E-state index contributed by atoms with van der Waals surface area (Å²) in [5.74, 6) is 2.17. The van der Waals surface area contributed by atoms with Gasteiger partial charge in [0.25, 0.3) is 0 Å². The summed E-state index contributed by atoms with van der Waals surface area (Å²) in [6.07, 6.45) is 2.23. The Morgan fingerprint density at radius 2 is 2.47 bits per heavy atom. The third kappa shape index (κ3) is 3.44. The van der Waals surface area contributed by atoms with E-state index in [4.69, 9.17) is 4.74 Å². The number of ether oxygens (including phenoxy) is 1. The van der Waals surface area contributed by atoms with Crippen LogP contribution in [0.1, 0.15) is 24.2 Å². The van der Waals surface area contributed by atoms with Crippen LogP contribution in [0.4, 0.5) is 0 Å². The van der Waals surface area contributed by atoms with Crippen molar-refractivity contribution in [1.82, 2.24) is 10.3 Å². The highest BCUT2D eigenvalue weighted by Crippen LogP contribution is 2.25. The number of hydrogen-bond acceptors (Lipinski definition) is 4. The molecule has 1 N–H and O–H groups in total. The first-order valence-electron chi connectivity index (χ1n) is 6.16. The summed E-state index contributed by atoms with van der Waals surface area (Å²) in [5.41, 5.74) is 2.29. The number of aromatic nitrogens is 1. The summed E-state index contributed by atoms with van der Waals surface area (Å²) < 4.78 is 5.87. The van der Waals surface area contributed by atoms with Crippen LogP contribution in [0.15, 0.2) is 18.3 Å². The second kappa shape index (κ2) is 6.38. The highest BCUT2D eigenvalue weighted by atomic mass is 32.2. The van der Waals surface area contributed by atoms with E-state index < -0.39 is 0 Å². The fourth-order valence-corrected chi connectivity index (χ4v) is 2.95. The number of rotatable bonds is 4. The fourth-order valence-electron chi connectivity index (χ4n) is 2.05. The number of pyridine rings is 1. The van der Waals surface area contributed by atoms with E-state index in [0.29, 0.717) is 0 Å². The molecule has 1 aromatic heterocycles. The molecule has 17 heavy (non-hydrogen) atoms. The number of likely N-dealkylation sites (N-methyl/N-ethyl adjacent to an activating group) is 1. The van der Waals surface area contributed by atoms with Crippen LogP contribution >= 0.6 is 11.8 Å². The maximum absolute atomic E-state index is 5.87. The van der Waals surface area contributed by atoms with Crippen molar-refractivity contribution < 1.29 is 4.74 Å². The monoisotopic (exact) mass is 252 g/mol. The van der Waals surface area contributed by atoms with Gasteiger partial charge < -0.3 is 10.1 Å². The Labute approximate surface area is 107 Å². The summed E-state index contributed by atoms with van der Waals surface area (Å²) in [7, 11) is 0. The molecule has 1 aromatic rings. The Bertz CT molecular complexity index is 336. The van der Waals surface area contributed by atoms with Gasteiger partial charge in [-0.2, -0.15) is 11.8 Å². The lowest BCUT2D eigenvalue weighted by atomic mass is 10.0. The van der Waals surface area contributed by atoms with E-state index in [1.165, 1.54) is 5.56 Å². The van der Waals surface area contributed by atoms with Gasteiger partial charge in [0, 0.05) is 23.4 Å². The molecule has 2 rings (SSSR count). The summed E-state index contributed by atoms with van der Waals surface area (Å²) in [6, 6.07) is 4.48. The van der Waals surface area contributed by atoms with Gasteiger partial charge in [-0.25, -0.2) is 0 Å². The van der Waals surface area contributed by atoms with Crippen LogP contribution in [-0.4, -0.2) is 35.7 Å². The molecular formula is C13H20N2OS. The molecule has 0 aliphatic carbocycles. The van der Waals surface area contributed by atoms with Crippen LogP contribution < -0.4 is 5.32 Å². The molecule has 3 nitrogen and oxygen atoms in total. The Morgan fingerprint density at radius 1 is 1.59 bits per heavy atom. The quantitative estimate of drug-likeness (QED) is 0.890. The molecule has 0 aromatic carbocycles. The van der Waals surface area contributed by atoms with Gasteiger partial charge in [-0.3, -0.25) is 4.98 Å². The third-order valence-electron chi connectivity index (χ3n) is 2.93. The fraction of sp³-hybridized carbons (Fsp3) is 0.615. The molecule has 0 bridgehead atoms. The van der Waals surface area contributed by atoms with Crippen molar-refractivity contribution in [3.8, 4) is 0 Å². The van der Waals surface area contributed by atoms with E-state index in [1.54, 1.807) is 0 Å². The molecule has 0 amide bonds. The molecule has 4 heteroatoms. The molecule has 1 fully saturated rings. The number of thioether (sulfide) groups is 1. The van der Waals surface area contributed by atoms with Gasteiger partial charge in [-0.05, 0) is 25.1 Å². The lowest BCUT2D eigenvalue weighted by Crippen LogP contribution is -2.38. The minimum atomic E-state index is 0.262. The van der Waals surface area contributed by atoms with Crippen LogP contribution in [-0.2, 0) is 4.74 Å². The zero-order valence-electron chi connectivity index (χ0n) is 10.5. The molecule has 94 valence electrons. The van der Waals surface area contributed by atoms with Crippen molar-refractivity contribution >= 4 is 11.8 Å². The number of hydrogen-bond donors (Lipinski definition) is 1. The largest absolute Gasteiger partial charge is 0.375 e. The maximum Gasteiger partial charge on any atom is 0.0860 e. The van der Waals surface area contributed by atoms with Crippen molar-refractivity contribution in [3.05, 3.63) is 29.6 Å². The molecule has 2 heterocycles. The van der Waals surface area contributed by atoms with Gasteiger partial charge in [0.05, 0.1) is 18.8 Å². The minimum Gasteiger partial charge on any atom is -0.375 e. The zero-order chi connectivity index (χ0) is 12.1. The molecule has 0 saturated carbocycles. The first kappa shape index (κ1) is 12.9. The Hall–Kier alpha value is -0.580. The number of nitrogens with one attached hydrogen (secondary N) is 1. The summed E-state index contributed by atoms with van der Waals surface area (Å²) in [4.78, 5) is 4.37. The molecule has 1 aliphatic rings. The Morgan fingerprint density at radius 3 is 3.06 bits per heavy atom. The predicted molar refractivity (Wildman–Crippen MR) is 72.5 cm³/mol. The standard InChI is InChI=1S/C13H20N2OS/c1-3-14-13(12-9-17-7-6-16-12)11-5-4-10(2)15-8-11/h4-5,8,12-14H,3,6-7,9H2,1-2H3. The molecule has 0 spiro atoms. The van der Waals surface area contributed by atoms with E-state index in [1.807, 2.05) is 24.9 Å². The molecule has 1 aliphatic heterocycles. The smallest absolute Gasteiger partial charge is 0.0860 e. The van der Waals surface area contributed by atoms with Gasteiger partial charge in [-0.15, -0.1) is 0 Å². The summed E-state index contributed by atoms with van der Waals surface area (Å²) >= 11 is 1.97. The van der Waals surface area contributed by atoms with Gasteiger partial charge in [0.15, 0.2) is 0 Å². The number of nitrogens with zero attached hydrogens (tertiary/aromatic N) is 1. The van der Waals surface area contributed by atoms with E-state index >= 15 is 0 Å². The lowest BCUT2D eigenvalue weighted by molar-refractivity contribution is 0.0471. The SMILES string of the molecule is CCNC(c1ccc(C)nc1)C1CSCCO1. The zero-order valence-corrected chi connectivity index (χ0v) is 11.3. The second-order valence-corrected chi connectivity index (χ2v) is 5.40. The Kier molecular flexibility index (Phi) is 4.83. The second-order valence-electron chi connectivity index (χ2n) is 4.25. The summed E-state index contributed by atoms with van der Waals surface area (Å²) in [5, 5.41) is 3.51. The molecule has 2 unspecified atom stereocenters. The number of aryl methyl sites for hydroxylation is 1. The van der Waals surface area contributed by atoms with Crippen molar-refractivity contribution in [1.29, 1.82) is 0 Å². The highest BCUT2D eigenvalue weighted by Gasteiger charge is 2.25. The highest BCUT2D eigenvalue weighted by molar-refractivity contribution is 7.99. The van der Waals surface area contributed by atoms with Crippen LogP contribution in [0.25, 0.3) is 0 Å². The van der Waals surface area contributed by atoms with E-state index in [0.717, 1.165) is 30.4 Å². The van der Waals surface area contributed by atoms with Crippen molar-refractivity contribution in [3.63, 3.8) is 0 Å². The average molecular weight is 252 g/mol. The third-order valence-corrected chi connectivity index (χ3v) is 3.95. The predicted octanol–water partition coefficient (Wildman–Crippen LogP) is 2.17. The average Bonchev–Trinajstić information content (AvgIpc) is 2.38. The van der Waals surface area contributed by atoms with Gasteiger partial charge in [-0.1, -0.05) is 13.0 Å². The van der Waals surface area contributed by atoms with Crippen LogP contribution in [0, 0.1) is 6.92 Å². The first-order valence-corrected chi connectivity index (χ1v) is 7.32. The van der Waals surface area contributed by atoms with Crippen LogP contribution in [0.3, 0.4) is 0 Å². The van der Waals surface area contributed by atoms with Crippen molar-refractivity contribution in [2.45, 2.75) is 26.0 Å². The van der Waals surface area contributed by atoms with E-state index in [-0.39, 0.29) is 12.1 Å². The molecule has 1 saturated heterocycles. The summed E-state index contributed by atoms with van der Waals surface area (Å²) in [6.45, 7) is 5.95. The maximum atomic E-state index is 5.87. The van der Waals surface area contributed by atoms with E-state index in [9.17, 15) is 0 Å². The van der Waals surface area contributed by atoms with E-state index in [2.05, 4.69) is 29.4 Å². The lowest BCUT2D eigenvalue weighted by Gasteiger charge is -2.30. The van der Waals surface area contributed by atoms with Crippen molar-refractivity contribution in [2.75, 3.05) is 24.7 Å².